The van der Waals surface area contributed by atoms with Gasteiger partial charge in [-0.1, -0.05) is 6.07 Å². The van der Waals surface area contributed by atoms with Gasteiger partial charge in [-0.15, -0.1) is 0 Å². The Balaban J connectivity index is 2.54. The van der Waals surface area contributed by atoms with Crippen LogP contribution in [0, 0.1) is 12.7 Å². The number of rotatable bonds is 4. The van der Waals surface area contributed by atoms with Gasteiger partial charge in [0.1, 0.15) is 11.6 Å². The van der Waals surface area contributed by atoms with E-state index in [4.69, 9.17) is 4.74 Å². The summed E-state index contributed by atoms with van der Waals surface area (Å²) in [5, 5.41) is 3.19. The third-order valence-electron chi connectivity index (χ3n) is 3.15. The molecule has 0 aliphatic carbocycles. The first kappa shape index (κ1) is 13.5. The predicted octanol–water partition coefficient (Wildman–Crippen LogP) is 2.85. The molecular weight excluding hydrogens is 243 g/mol. The first-order valence-corrected chi connectivity index (χ1v) is 6.09. The Bertz CT molecular complexity index is 572. The van der Waals surface area contributed by atoms with Crippen molar-refractivity contribution in [3.63, 3.8) is 0 Å². The third-order valence-corrected chi connectivity index (χ3v) is 3.15. The van der Waals surface area contributed by atoms with Gasteiger partial charge in [0.05, 0.1) is 13.2 Å². The molecule has 1 aromatic carbocycles. The zero-order valence-electron chi connectivity index (χ0n) is 11.3. The van der Waals surface area contributed by atoms with Crippen LogP contribution in [-0.2, 0) is 0 Å². The first-order chi connectivity index (χ1) is 9.17. The maximum Gasteiger partial charge on any atom is 0.124 e. The smallest absolute Gasteiger partial charge is 0.124 e. The molecule has 1 unspecified atom stereocenters. The fourth-order valence-corrected chi connectivity index (χ4v) is 2.21. The molecule has 4 heteroatoms. The van der Waals surface area contributed by atoms with Crippen molar-refractivity contribution in [2.75, 3.05) is 14.2 Å². The van der Waals surface area contributed by atoms with E-state index in [1.54, 1.807) is 19.4 Å². The van der Waals surface area contributed by atoms with E-state index in [0.717, 1.165) is 16.8 Å². The van der Waals surface area contributed by atoms with E-state index in [-0.39, 0.29) is 11.9 Å². The van der Waals surface area contributed by atoms with Gasteiger partial charge >= 0.3 is 0 Å². The van der Waals surface area contributed by atoms with Gasteiger partial charge in [-0.3, -0.25) is 4.98 Å². The van der Waals surface area contributed by atoms with Crippen molar-refractivity contribution in [1.82, 2.24) is 10.3 Å². The molecule has 0 bridgehead atoms. The van der Waals surface area contributed by atoms with Crippen LogP contribution in [0.15, 0.2) is 36.5 Å². The predicted molar refractivity (Wildman–Crippen MR) is 72.8 cm³/mol. The van der Waals surface area contributed by atoms with Crippen LogP contribution in [0.1, 0.15) is 22.9 Å². The third kappa shape index (κ3) is 2.74. The number of aromatic nitrogens is 1. The lowest BCUT2D eigenvalue weighted by Crippen LogP contribution is -2.20. The van der Waals surface area contributed by atoms with Crippen molar-refractivity contribution < 1.29 is 9.13 Å². The number of nitrogens with one attached hydrogen (secondary N) is 1. The highest BCUT2D eigenvalue weighted by Crippen LogP contribution is 2.31. The van der Waals surface area contributed by atoms with Crippen molar-refractivity contribution in [2.24, 2.45) is 0 Å². The highest BCUT2D eigenvalue weighted by atomic mass is 19.1. The van der Waals surface area contributed by atoms with Crippen LogP contribution in [0.2, 0.25) is 0 Å². The zero-order chi connectivity index (χ0) is 13.8. The second-order valence-corrected chi connectivity index (χ2v) is 4.29. The number of halogens is 1. The molecule has 0 amide bonds. The molecule has 2 aromatic rings. The summed E-state index contributed by atoms with van der Waals surface area (Å²) in [5.74, 6) is 0.376. The van der Waals surface area contributed by atoms with Crippen LogP contribution in [0.4, 0.5) is 4.39 Å². The Labute approximate surface area is 112 Å². The molecule has 1 atom stereocenters. The summed E-state index contributed by atoms with van der Waals surface area (Å²) in [5.41, 5.74) is 2.68. The van der Waals surface area contributed by atoms with Crippen LogP contribution in [0.5, 0.6) is 5.75 Å². The lowest BCUT2D eigenvalue weighted by Gasteiger charge is -2.21. The normalized spacial score (nSPS) is 12.2. The molecule has 0 aliphatic rings. The number of ether oxygens (including phenoxy) is 1. The van der Waals surface area contributed by atoms with Crippen LogP contribution in [0.25, 0.3) is 0 Å². The summed E-state index contributed by atoms with van der Waals surface area (Å²) >= 11 is 0. The molecule has 1 aromatic heterocycles. The summed E-state index contributed by atoms with van der Waals surface area (Å²) in [4.78, 5) is 4.28. The molecule has 0 saturated carbocycles. The monoisotopic (exact) mass is 260 g/mol. The number of benzene rings is 1. The molecule has 0 saturated heterocycles. The van der Waals surface area contributed by atoms with E-state index < -0.39 is 0 Å². The van der Waals surface area contributed by atoms with Gasteiger partial charge in [-0.25, -0.2) is 4.39 Å². The van der Waals surface area contributed by atoms with E-state index in [2.05, 4.69) is 10.3 Å². The Kier molecular flexibility index (Phi) is 4.12. The number of hydrogen-bond acceptors (Lipinski definition) is 3. The fourth-order valence-electron chi connectivity index (χ4n) is 2.21. The van der Waals surface area contributed by atoms with Gasteiger partial charge in [-0.05, 0) is 43.8 Å². The average molecular weight is 260 g/mol. The number of hydrogen-bond donors (Lipinski definition) is 1. The summed E-state index contributed by atoms with van der Waals surface area (Å²) in [6, 6.07) is 8.23. The maximum atomic E-state index is 13.5. The minimum atomic E-state index is -0.280. The lowest BCUT2D eigenvalue weighted by molar-refractivity contribution is 0.403. The van der Waals surface area contributed by atoms with Crippen molar-refractivity contribution >= 4 is 0 Å². The Morgan fingerprint density at radius 2 is 2.05 bits per heavy atom. The molecule has 0 radical (unpaired) electrons. The van der Waals surface area contributed by atoms with Crippen molar-refractivity contribution in [3.05, 3.63) is 59.2 Å². The molecule has 1 heterocycles. The summed E-state index contributed by atoms with van der Waals surface area (Å²) < 4.78 is 18.8. The van der Waals surface area contributed by atoms with Gasteiger partial charge in [0, 0.05) is 17.5 Å². The van der Waals surface area contributed by atoms with Gasteiger partial charge < -0.3 is 10.1 Å². The lowest BCUT2D eigenvalue weighted by atomic mass is 9.97. The topological polar surface area (TPSA) is 34.1 Å². The van der Waals surface area contributed by atoms with Crippen LogP contribution < -0.4 is 10.1 Å². The standard InChI is InChI=1S/C15H17FN2O/c1-10-12(5-4-8-18-10)15(17-2)13-9-11(16)6-7-14(13)19-3/h4-9,15,17H,1-3H3. The number of pyridine rings is 1. The van der Waals surface area contributed by atoms with Gasteiger partial charge in [0.15, 0.2) is 0 Å². The van der Waals surface area contributed by atoms with Crippen LogP contribution in [-0.4, -0.2) is 19.1 Å². The number of methoxy groups -OCH3 is 1. The minimum absolute atomic E-state index is 0.153. The fraction of sp³-hybridized carbons (Fsp3) is 0.267. The summed E-state index contributed by atoms with van der Waals surface area (Å²) in [6.45, 7) is 1.94. The molecule has 0 aliphatic heterocycles. The second kappa shape index (κ2) is 5.80. The quantitative estimate of drug-likeness (QED) is 0.918. The minimum Gasteiger partial charge on any atom is -0.496 e. The molecule has 19 heavy (non-hydrogen) atoms. The van der Waals surface area contributed by atoms with Crippen molar-refractivity contribution in [1.29, 1.82) is 0 Å². The van der Waals surface area contributed by atoms with E-state index in [1.165, 1.54) is 12.1 Å². The van der Waals surface area contributed by atoms with Gasteiger partial charge in [0.25, 0.3) is 0 Å². The average Bonchev–Trinajstić information content (AvgIpc) is 2.42. The molecule has 1 N–H and O–H groups in total. The second-order valence-electron chi connectivity index (χ2n) is 4.29. The molecule has 0 spiro atoms. The van der Waals surface area contributed by atoms with E-state index in [1.807, 2.05) is 26.1 Å². The molecule has 3 nitrogen and oxygen atoms in total. The highest BCUT2D eigenvalue weighted by Gasteiger charge is 2.19. The van der Waals surface area contributed by atoms with Gasteiger partial charge in [0.2, 0.25) is 0 Å². The molecule has 0 fully saturated rings. The number of nitrogens with zero attached hydrogens (tertiary/aromatic N) is 1. The van der Waals surface area contributed by atoms with E-state index in [9.17, 15) is 4.39 Å². The zero-order valence-corrected chi connectivity index (χ0v) is 11.3. The maximum absolute atomic E-state index is 13.5. The number of aryl methyl sites for hydroxylation is 1. The van der Waals surface area contributed by atoms with Crippen LogP contribution in [0.3, 0.4) is 0 Å². The van der Waals surface area contributed by atoms with Crippen molar-refractivity contribution in [3.8, 4) is 5.75 Å². The van der Waals surface area contributed by atoms with E-state index >= 15 is 0 Å². The molecule has 2 rings (SSSR count). The SMILES string of the molecule is CNC(c1cc(F)ccc1OC)c1cccnc1C. The summed E-state index contributed by atoms with van der Waals surface area (Å²) in [7, 11) is 3.42. The molecular formula is C15H17FN2O. The van der Waals surface area contributed by atoms with E-state index in [0.29, 0.717) is 5.75 Å². The van der Waals surface area contributed by atoms with Crippen LogP contribution >= 0.6 is 0 Å². The molecule has 100 valence electrons. The first-order valence-electron chi connectivity index (χ1n) is 6.09. The summed E-state index contributed by atoms with van der Waals surface area (Å²) in [6.07, 6.45) is 1.74. The highest BCUT2D eigenvalue weighted by molar-refractivity contribution is 5.42. The Morgan fingerprint density at radius 3 is 2.68 bits per heavy atom. The van der Waals surface area contributed by atoms with Gasteiger partial charge in [-0.2, -0.15) is 0 Å². The van der Waals surface area contributed by atoms with Crippen molar-refractivity contribution in [2.45, 2.75) is 13.0 Å². The largest absolute Gasteiger partial charge is 0.496 e. The Morgan fingerprint density at radius 1 is 1.26 bits per heavy atom. The Hall–Kier alpha value is -1.94.